The second-order valence-electron chi connectivity index (χ2n) is 13.6. The molecular formula is C35H50N6O8S3. The number of carbonyl (C=O) groups excluding carboxylic acids is 2. The fraction of sp³-hybridized carbons (Fsp3) is 0.514. The highest BCUT2D eigenvalue weighted by molar-refractivity contribution is 7.93. The molecule has 52 heavy (non-hydrogen) atoms. The van der Waals surface area contributed by atoms with Crippen LogP contribution in [0.25, 0.3) is 0 Å². The number of carbonyl (C=O) groups is 2. The third kappa shape index (κ3) is 10.3. The molecule has 3 amide bonds. The van der Waals surface area contributed by atoms with Gasteiger partial charge >= 0.3 is 6.03 Å². The summed E-state index contributed by atoms with van der Waals surface area (Å²) in [5.74, 6) is -0.607. The average Bonchev–Trinajstić information content (AvgIpc) is 3.71. The second kappa shape index (κ2) is 17.9. The lowest BCUT2D eigenvalue weighted by atomic mass is 9.97. The normalized spacial score (nSPS) is 15.8. The van der Waals surface area contributed by atoms with Crippen LogP contribution >= 0.6 is 11.3 Å². The SMILES string of the molecule is CNCS(=O)(=O)c1nc(CN2CCN([C@H](C(=O)N[C@@H](Cc3ccccc3)[C@H](O)CN(CC(C)C)S(=O)(=O)c3ccc(OC)cc3)C(C)C)C2=O)cs1. The zero-order valence-electron chi connectivity index (χ0n) is 30.4. The summed E-state index contributed by atoms with van der Waals surface area (Å²) in [4.78, 5) is 35.1. The topological polar surface area (TPSA) is 179 Å². The van der Waals surface area contributed by atoms with Gasteiger partial charge in [0.15, 0.2) is 0 Å². The van der Waals surface area contributed by atoms with E-state index in [0.29, 0.717) is 18.0 Å². The number of sulfonamides is 1. The van der Waals surface area contributed by atoms with Crippen LogP contribution in [0.3, 0.4) is 0 Å². The predicted octanol–water partition coefficient (Wildman–Crippen LogP) is 2.80. The molecule has 3 atom stereocenters. The van der Waals surface area contributed by atoms with Gasteiger partial charge in [-0.05, 0) is 55.1 Å². The quantitative estimate of drug-likeness (QED) is 0.164. The van der Waals surface area contributed by atoms with Crippen molar-refractivity contribution >= 4 is 43.1 Å². The Balaban J connectivity index is 1.55. The van der Waals surface area contributed by atoms with Crippen LogP contribution in [0.1, 0.15) is 39.0 Å². The monoisotopic (exact) mass is 778 g/mol. The standard InChI is InChI=1S/C35H50N6O8S3/c1-24(2)19-40(52(47,48)29-14-12-28(49-6)13-15-29)21-31(42)30(18-26-10-8-7-9-11-26)38-33(43)32(25(3)4)41-17-16-39(35(41)44)20-27-22-50-34(37-27)51(45,46)23-36-5/h7-15,22,24-25,30-32,36,42H,16-21,23H2,1-6H3,(H,38,43)/t30-,31+,32-/m0/s1. The highest BCUT2D eigenvalue weighted by atomic mass is 32.2. The number of ether oxygens (including phenoxy) is 1. The number of nitrogens with zero attached hydrogens (tertiary/aromatic N) is 4. The molecule has 0 aliphatic carbocycles. The zero-order valence-corrected chi connectivity index (χ0v) is 32.9. The molecule has 286 valence electrons. The van der Waals surface area contributed by atoms with Gasteiger partial charge in [0.1, 0.15) is 17.7 Å². The van der Waals surface area contributed by atoms with Crippen LogP contribution in [0.4, 0.5) is 4.79 Å². The van der Waals surface area contributed by atoms with Crippen LogP contribution in [0, 0.1) is 11.8 Å². The summed E-state index contributed by atoms with van der Waals surface area (Å²) < 4.78 is 59.0. The minimum Gasteiger partial charge on any atom is -0.497 e. The van der Waals surface area contributed by atoms with E-state index in [9.17, 15) is 31.5 Å². The first-order chi connectivity index (χ1) is 24.6. The van der Waals surface area contributed by atoms with Crippen molar-refractivity contribution in [2.45, 2.75) is 68.1 Å². The molecule has 1 fully saturated rings. The summed E-state index contributed by atoms with van der Waals surface area (Å²) in [5, 5.41) is 19.0. The van der Waals surface area contributed by atoms with E-state index in [0.717, 1.165) is 16.9 Å². The van der Waals surface area contributed by atoms with Gasteiger partial charge in [-0.3, -0.25) is 4.79 Å². The molecule has 17 heteroatoms. The van der Waals surface area contributed by atoms with Crippen LogP contribution in [0.5, 0.6) is 5.75 Å². The summed E-state index contributed by atoms with van der Waals surface area (Å²) in [6.45, 7) is 7.90. The lowest BCUT2D eigenvalue weighted by molar-refractivity contribution is -0.128. The van der Waals surface area contributed by atoms with E-state index in [-0.39, 0.29) is 59.5 Å². The van der Waals surface area contributed by atoms with Crippen LogP contribution in [-0.2, 0) is 37.6 Å². The van der Waals surface area contributed by atoms with E-state index in [1.165, 1.54) is 40.4 Å². The molecule has 2 aromatic carbocycles. The molecule has 0 spiro atoms. The number of nitrogens with one attached hydrogen (secondary N) is 2. The van der Waals surface area contributed by atoms with Crippen LogP contribution < -0.4 is 15.4 Å². The smallest absolute Gasteiger partial charge is 0.321 e. The van der Waals surface area contributed by atoms with E-state index in [1.807, 2.05) is 58.0 Å². The van der Waals surface area contributed by atoms with Crippen LogP contribution in [0.2, 0.25) is 0 Å². The Morgan fingerprint density at radius 1 is 1.02 bits per heavy atom. The van der Waals surface area contributed by atoms with E-state index < -0.39 is 50.0 Å². The van der Waals surface area contributed by atoms with Crippen molar-refractivity contribution < 1.29 is 36.3 Å². The van der Waals surface area contributed by atoms with Crippen molar-refractivity contribution in [1.82, 2.24) is 29.7 Å². The van der Waals surface area contributed by atoms with Crippen LogP contribution in [-0.4, -0.2) is 117 Å². The predicted molar refractivity (Wildman–Crippen MR) is 199 cm³/mol. The number of amides is 3. The number of urea groups is 1. The molecule has 1 saturated heterocycles. The number of sulfone groups is 1. The van der Waals surface area contributed by atoms with Crippen molar-refractivity contribution in [3.05, 3.63) is 71.2 Å². The number of methoxy groups -OCH3 is 1. The summed E-state index contributed by atoms with van der Waals surface area (Å²) >= 11 is 0.992. The van der Waals surface area contributed by atoms with E-state index in [2.05, 4.69) is 15.6 Å². The van der Waals surface area contributed by atoms with Crippen LogP contribution in [0.15, 0.2) is 69.2 Å². The first kappa shape index (κ1) is 41.2. The summed E-state index contributed by atoms with van der Waals surface area (Å²) in [7, 11) is -4.61. The van der Waals surface area contributed by atoms with Gasteiger partial charge in [0.2, 0.25) is 30.1 Å². The van der Waals surface area contributed by atoms with Gasteiger partial charge in [-0.15, -0.1) is 11.3 Å². The van der Waals surface area contributed by atoms with Crippen molar-refractivity contribution in [1.29, 1.82) is 0 Å². The van der Waals surface area contributed by atoms with Gasteiger partial charge in [0, 0.05) is 31.6 Å². The fourth-order valence-corrected chi connectivity index (χ4v) is 9.91. The highest BCUT2D eigenvalue weighted by Crippen LogP contribution is 2.25. The number of hydrogen-bond acceptors (Lipinski definition) is 11. The highest BCUT2D eigenvalue weighted by Gasteiger charge is 2.41. The Kier molecular flexibility index (Phi) is 14.2. The number of aromatic nitrogens is 1. The third-order valence-electron chi connectivity index (χ3n) is 8.59. The van der Waals surface area contributed by atoms with E-state index >= 15 is 0 Å². The Bertz CT molecular complexity index is 1850. The van der Waals surface area contributed by atoms with E-state index in [1.54, 1.807) is 17.5 Å². The zero-order chi connectivity index (χ0) is 38.2. The Morgan fingerprint density at radius 3 is 2.29 bits per heavy atom. The number of thiazole rings is 1. The van der Waals surface area contributed by atoms with Gasteiger partial charge in [-0.25, -0.2) is 26.6 Å². The minimum absolute atomic E-state index is 0.0356. The molecule has 3 aromatic rings. The van der Waals surface area contributed by atoms with Crippen molar-refractivity contribution in [2.75, 3.05) is 46.2 Å². The Labute approximate surface area is 311 Å². The van der Waals surface area contributed by atoms with Gasteiger partial charge in [-0.2, -0.15) is 4.31 Å². The Morgan fingerprint density at radius 2 is 1.69 bits per heavy atom. The Hall–Kier alpha value is -3.61. The first-order valence-corrected chi connectivity index (χ1v) is 21.1. The van der Waals surface area contributed by atoms with Crippen molar-refractivity contribution in [2.24, 2.45) is 11.8 Å². The molecule has 14 nitrogen and oxygen atoms in total. The summed E-state index contributed by atoms with van der Waals surface area (Å²) in [6.07, 6.45) is -1.10. The molecule has 1 aliphatic rings. The fourth-order valence-electron chi connectivity index (χ4n) is 6.09. The molecule has 1 aliphatic heterocycles. The largest absolute Gasteiger partial charge is 0.497 e. The minimum atomic E-state index is -4.04. The maximum absolute atomic E-state index is 14.1. The molecule has 0 saturated carbocycles. The molecule has 3 N–H and O–H groups in total. The lowest BCUT2D eigenvalue weighted by Crippen LogP contribution is -2.57. The number of rotatable bonds is 19. The van der Waals surface area contributed by atoms with Gasteiger partial charge in [-0.1, -0.05) is 58.0 Å². The number of aliphatic hydroxyl groups excluding tert-OH is 1. The molecule has 0 unspecified atom stereocenters. The first-order valence-electron chi connectivity index (χ1n) is 17.1. The van der Waals surface area contributed by atoms with Gasteiger partial charge < -0.3 is 30.3 Å². The molecule has 4 rings (SSSR count). The third-order valence-corrected chi connectivity index (χ3v) is 13.5. The maximum atomic E-state index is 14.1. The molecule has 2 heterocycles. The molecule has 0 bridgehead atoms. The van der Waals surface area contributed by atoms with Crippen molar-refractivity contribution in [3.63, 3.8) is 0 Å². The van der Waals surface area contributed by atoms with Gasteiger partial charge in [0.25, 0.3) is 0 Å². The maximum Gasteiger partial charge on any atom is 0.321 e. The number of hydrogen-bond donors (Lipinski definition) is 3. The number of benzene rings is 2. The molecule has 0 radical (unpaired) electrons. The second-order valence-corrected chi connectivity index (χ2v) is 18.5. The molecular weight excluding hydrogens is 729 g/mol. The lowest BCUT2D eigenvalue weighted by Gasteiger charge is -2.34. The average molecular weight is 779 g/mol. The number of aliphatic hydroxyl groups is 1. The molecule has 1 aromatic heterocycles. The summed E-state index contributed by atoms with van der Waals surface area (Å²) in [6, 6.07) is 13.1. The van der Waals surface area contributed by atoms with Gasteiger partial charge in [0.05, 0.1) is 36.4 Å². The van der Waals surface area contributed by atoms with E-state index in [4.69, 9.17) is 4.74 Å². The van der Waals surface area contributed by atoms with Crippen molar-refractivity contribution in [3.8, 4) is 5.75 Å². The summed E-state index contributed by atoms with van der Waals surface area (Å²) in [5.41, 5.74) is 1.26.